The second-order valence-electron chi connectivity index (χ2n) is 3.62. The number of aromatic amines is 1. The molecule has 1 aromatic heterocycles. The van der Waals surface area contributed by atoms with E-state index in [-0.39, 0.29) is 5.69 Å². The van der Waals surface area contributed by atoms with Crippen LogP contribution in [0.15, 0.2) is 30.3 Å². The zero-order valence-electron chi connectivity index (χ0n) is 9.58. The summed E-state index contributed by atoms with van der Waals surface area (Å²) < 4.78 is 42.4. The van der Waals surface area contributed by atoms with Crippen LogP contribution in [0.1, 0.15) is 12.6 Å². The van der Waals surface area contributed by atoms with Gasteiger partial charge in [0.25, 0.3) is 0 Å². The minimum atomic E-state index is -4.41. The smallest absolute Gasteiger partial charge is 0.432 e. The first-order chi connectivity index (χ1) is 8.50. The Labute approximate surface area is 102 Å². The van der Waals surface area contributed by atoms with Crippen LogP contribution in [0.25, 0.3) is 11.3 Å². The molecule has 0 aliphatic rings. The Morgan fingerprint density at radius 3 is 2.39 bits per heavy atom. The topological polar surface area (TPSA) is 37.9 Å². The molecule has 6 heteroatoms. The molecule has 0 aliphatic heterocycles. The van der Waals surface area contributed by atoms with Gasteiger partial charge in [0.15, 0.2) is 0 Å². The number of halogens is 3. The van der Waals surface area contributed by atoms with Gasteiger partial charge in [-0.1, -0.05) is 0 Å². The normalized spacial score (nSPS) is 11.6. The van der Waals surface area contributed by atoms with E-state index < -0.39 is 11.9 Å². The van der Waals surface area contributed by atoms with Gasteiger partial charge in [-0.05, 0) is 37.3 Å². The van der Waals surface area contributed by atoms with Crippen LogP contribution >= 0.6 is 0 Å². The van der Waals surface area contributed by atoms with Gasteiger partial charge >= 0.3 is 6.18 Å². The van der Waals surface area contributed by atoms with Crippen molar-refractivity contribution in [2.24, 2.45) is 0 Å². The molecule has 0 spiro atoms. The number of alkyl halides is 3. The van der Waals surface area contributed by atoms with Gasteiger partial charge in [0, 0.05) is 5.56 Å². The fourth-order valence-electron chi connectivity index (χ4n) is 1.50. The van der Waals surface area contributed by atoms with Crippen LogP contribution in [-0.2, 0) is 6.18 Å². The standard InChI is InChI=1S/C12H11F3N2O/c1-2-18-9-5-3-8(4-6-9)10-7-11(17-16-10)12(13,14)15/h3-7H,2H2,1H3,(H,16,17). The summed E-state index contributed by atoms with van der Waals surface area (Å²) in [5.74, 6) is 0.674. The minimum absolute atomic E-state index is 0.255. The van der Waals surface area contributed by atoms with E-state index in [9.17, 15) is 13.2 Å². The largest absolute Gasteiger partial charge is 0.494 e. The Morgan fingerprint density at radius 1 is 1.22 bits per heavy atom. The van der Waals surface area contributed by atoms with Gasteiger partial charge in [-0.2, -0.15) is 18.3 Å². The number of aromatic nitrogens is 2. The molecule has 1 aromatic carbocycles. The van der Waals surface area contributed by atoms with Crippen molar-refractivity contribution in [3.8, 4) is 17.0 Å². The second-order valence-corrected chi connectivity index (χ2v) is 3.62. The van der Waals surface area contributed by atoms with E-state index in [0.29, 0.717) is 17.9 Å². The van der Waals surface area contributed by atoms with Crippen molar-refractivity contribution in [2.75, 3.05) is 6.61 Å². The molecule has 0 aliphatic carbocycles. The third-order valence-electron chi connectivity index (χ3n) is 2.34. The van der Waals surface area contributed by atoms with E-state index in [1.165, 1.54) is 0 Å². The van der Waals surface area contributed by atoms with E-state index in [4.69, 9.17) is 4.74 Å². The molecule has 0 amide bonds. The van der Waals surface area contributed by atoms with E-state index in [0.717, 1.165) is 6.07 Å². The van der Waals surface area contributed by atoms with Gasteiger partial charge in [-0.25, -0.2) is 0 Å². The molecule has 2 aromatic rings. The highest BCUT2D eigenvalue weighted by atomic mass is 19.4. The molecule has 0 fully saturated rings. The highest BCUT2D eigenvalue weighted by molar-refractivity contribution is 5.60. The summed E-state index contributed by atoms with van der Waals surface area (Å²) in [5.41, 5.74) is 0.00182. The van der Waals surface area contributed by atoms with Crippen LogP contribution in [-0.4, -0.2) is 16.8 Å². The molecule has 0 unspecified atom stereocenters. The Morgan fingerprint density at radius 2 is 1.89 bits per heavy atom. The molecule has 0 saturated heterocycles. The lowest BCUT2D eigenvalue weighted by Crippen LogP contribution is -2.04. The molecular weight excluding hydrogens is 245 g/mol. The first-order valence-corrected chi connectivity index (χ1v) is 5.36. The predicted molar refractivity (Wildman–Crippen MR) is 60.2 cm³/mol. The van der Waals surface area contributed by atoms with Gasteiger partial charge in [0.05, 0.1) is 12.3 Å². The molecule has 0 bridgehead atoms. The van der Waals surface area contributed by atoms with Crippen molar-refractivity contribution in [3.63, 3.8) is 0 Å². The average molecular weight is 256 g/mol. The van der Waals surface area contributed by atoms with Crippen molar-refractivity contribution < 1.29 is 17.9 Å². The zero-order valence-corrected chi connectivity index (χ0v) is 9.58. The number of nitrogens with one attached hydrogen (secondary N) is 1. The Bertz CT molecular complexity index is 517. The first-order valence-electron chi connectivity index (χ1n) is 5.36. The molecule has 96 valence electrons. The van der Waals surface area contributed by atoms with Crippen LogP contribution in [0.2, 0.25) is 0 Å². The second kappa shape index (κ2) is 4.72. The SMILES string of the molecule is CCOc1ccc(-c2cc(C(F)(F)F)[nH]n2)cc1. The van der Waals surface area contributed by atoms with E-state index in [1.807, 2.05) is 12.0 Å². The van der Waals surface area contributed by atoms with Crippen molar-refractivity contribution >= 4 is 0 Å². The van der Waals surface area contributed by atoms with Gasteiger partial charge in [0.1, 0.15) is 11.4 Å². The van der Waals surface area contributed by atoms with E-state index in [2.05, 4.69) is 5.10 Å². The summed E-state index contributed by atoms with van der Waals surface area (Å²) in [6, 6.07) is 7.71. The van der Waals surface area contributed by atoms with Crippen LogP contribution < -0.4 is 4.74 Å². The molecule has 0 atom stereocenters. The van der Waals surface area contributed by atoms with Crippen LogP contribution in [0.5, 0.6) is 5.75 Å². The Balaban J connectivity index is 2.23. The van der Waals surface area contributed by atoms with Crippen molar-refractivity contribution in [2.45, 2.75) is 13.1 Å². The fraction of sp³-hybridized carbons (Fsp3) is 0.250. The molecule has 18 heavy (non-hydrogen) atoms. The lowest BCUT2D eigenvalue weighted by molar-refractivity contribution is -0.141. The predicted octanol–water partition coefficient (Wildman–Crippen LogP) is 3.49. The monoisotopic (exact) mass is 256 g/mol. The maximum absolute atomic E-state index is 12.4. The fourth-order valence-corrected chi connectivity index (χ4v) is 1.50. The van der Waals surface area contributed by atoms with Crippen molar-refractivity contribution in [1.82, 2.24) is 10.2 Å². The average Bonchev–Trinajstić information content (AvgIpc) is 2.79. The first kappa shape index (κ1) is 12.5. The summed E-state index contributed by atoms with van der Waals surface area (Å²) in [6.45, 7) is 2.40. The van der Waals surface area contributed by atoms with Crippen LogP contribution in [0.4, 0.5) is 13.2 Å². The van der Waals surface area contributed by atoms with E-state index >= 15 is 0 Å². The number of hydrogen-bond donors (Lipinski definition) is 1. The number of rotatable bonds is 3. The molecule has 0 radical (unpaired) electrons. The summed E-state index contributed by atoms with van der Waals surface area (Å²) in [7, 11) is 0. The molecule has 1 N–H and O–H groups in total. The summed E-state index contributed by atoms with van der Waals surface area (Å²) in [4.78, 5) is 0. The quantitative estimate of drug-likeness (QED) is 0.912. The summed E-state index contributed by atoms with van der Waals surface area (Å²) in [5, 5.41) is 5.62. The van der Waals surface area contributed by atoms with Gasteiger partial charge in [0.2, 0.25) is 0 Å². The van der Waals surface area contributed by atoms with Crippen LogP contribution in [0.3, 0.4) is 0 Å². The molecule has 1 heterocycles. The van der Waals surface area contributed by atoms with Crippen molar-refractivity contribution in [1.29, 1.82) is 0 Å². The minimum Gasteiger partial charge on any atom is -0.494 e. The number of benzene rings is 1. The van der Waals surface area contributed by atoms with Crippen molar-refractivity contribution in [3.05, 3.63) is 36.0 Å². The van der Waals surface area contributed by atoms with Gasteiger partial charge in [-0.15, -0.1) is 0 Å². The molecule has 0 saturated carbocycles. The zero-order chi connectivity index (χ0) is 13.2. The summed E-state index contributed by atoms with van der Waals surface area (Å²) in [6.07, 6.45) is -4.41. The number of nitrogens with zero attached hydrogens (tertiary/aromatic N) is 1. The van der Waals surface area contributed by atoms with Gasteiger partial charge < -0.3 is 4.74 Å². The Hall–Kier alpha value is -1.98. The maximum atomic E-state index is 12.4. The molecular formula is C12H11F3N2O. The van der Waals surface area contributed by atoms with Gasteiger partial charge in [-0.3, -0.25) is 5.10 Å². The molecule has 3 nitrogen and oxygen atoms in total. The Kier molecular flexibility index (Phi) is 3.27. The lowest BCUT2D eigenvalue weighted by atomic mass is 10.1. The highest BCUT2D eigenvalue weighted by Crippen LogP contribution is 2.30. The van der Waals surface area contributed by atoms with E-state index in [1.54, 1.807) is 24.3 Å². The maximum Gasteiger partial charge on any atom is 0.432 e. The summed E-state index contributed by atoms with van der Waals surface area (Å²) >= 11 is 0. The number of H-pyrrole nitrogens is 1. The highest BCUT2D eigenvalue weighted by Gasteiger charge is 2.33. The number of hydrogen-bond acceptors (Lipinski definition) is 2. The number of ether oxygens (including phenoxy) is 1. The lowest BCUT2D eigenvalue weighted by Gasteiger charge is -2.03. The molecule has 2 rings (SSSR count). The van der Waals surface area contributed by atoms with Crippen LogP contribution in [0, 0.1) is 0 Å². The third-order valence-corrected chi connectivity index (χ3v) is 2.34. The third kappa shape index (κ3) is 2.64.